The van der Waals surface area contributed by atoms with Crippen molar-refractivity contribution in [2.45, 2.75) is 13.5 Å². The number of carbonyl (C=O) groups excluding carboxylic acids is 1. The van der Waals surface area contributed by atoms with Crippen molar-refractivity contribution in [3.63, 3.8) is 0 Å². The Labute approximate surface area is 217 Å². The third-order valence-corrected chi connectivity index (χ3v) is 5.94. The number of methoxy groups -OCH3 is 1. The minimum atomic E-state index is -0.583. The van der Waals surface area contributed by atoms with Crippen molar-refractivity contribution in [1.29, 1.82) is 0 Å². The Balaban J connectivity index is 1.58. The van der Waals surface area contributed by atoms with Crippen LogP contribution in [0.5, 0.6) is 17.2 Å². The van der Waals surface area contributed by atoms with E-state index in [1.54, 1.807) is 54.6 Å². The molecule has 0 bridgehead atoms. The largest absolute Gasteiger partial charge is 0.496 e. The summed E-state index contributed by atoms with van der Waals surface area (Å²) in [7, 11) is 1.52. The summed E-state index contributed by atoms with van der Waals surface area (Å²) in [5, 5.41) is 1.40. The van der Waals surface area contributed by atoms with Crippen LogP contribution in [0.1, 0.15) is 23.6 Å². The average Bonchev–Trinajstić information content (AvgIpc) is 3.20. The van der Waals surface area contributed by atoms with Crippen molar-refractivity contribution < 1.29 is 23.7 Å². The molecule has 0 amide bonds. The Morgan fingerprint density at radius 2 is 1.71 bits per heavy atom. The van der Waals surface area contributed by atoms with Gasteiger partial charge in [0.25, 0.3) is 0 Å². The molecule has 35 heavy (non-hydrogen) atoms. The van der Waals surface area contributed by atoms with Gasteiger partial charge in [0.15, 0.2) is 17.2 Å². The first-order valence-corrected chi connectivity index (χ1v) is 11.7. The van der Waals surface area contributed by atoms with Crippen molar-refractivity contribution >= 4 is 52.7 Å². The van der Waals surface area contributed by atoms with Crippen LogP contribution in [0.25, 0.3) is 6.08 Å². The minimum absolute atomic E-state index is 0.118. The number of nitrogens with zero attached hydrogens (tertiary/aromatic N) is 1. The van der Waals surface area contributed by atoms with Gasteiger partial charge in [-0.25, -0.2) is 9.79 Å². The number of carbonyl (C=O) groups is 1. The Bertz CT molecular complexity index is 1340. The predicted octanol–water partition coefficient (Wildman–Crippen LogP) is 6.98. The van der Waals surface area contributed by atoms with Crippen molar-refractivity contribution in [3.05, 3.63) is 92.1 Å². The molecule has 1 aliphatic heterocycles. The summed E-state index contributed by atoms with van der Waals surface area (Å²) in [6.07, 6.45) is 1.61. The monoisotopic (exact) mass is 531 g/mol. The Hall–Kier alpha value is -3.19. The van der Waals surface area contributed by atoms with E-state index in [-0.39, 0.29) is 18.2 Å². The highest BCUT2D eigenvalue weighted by Crippen LogP contribution is 2.32. The molecule has 0 saturated heterocycles. The summed E-state index contributed by atoms with van der Waals surface area (Å²) in [4.78, 5) is 16.8. The van der Waals surface area contributed by atoms with Crippen molar-refractivity contribution in [1.82, 2.24) is 0 Å². The van der Waals surface area contributed by atoms with Crippen LogP contribution in [0.3, 0.4) is 0 Å². The standard InChI is InChI=1S/C26H20Cl3NO5/c1-3-33-24-12-15(5-8-23(24)34-14-16-4-7-19(28)20(29)10-16)11-21-26(31)35-25(30-21)18-13-17(27)6-9-22(18)32-2/h4-13H,3,14H2,1-2H3/b21-11-. The number of hydrogen-bond donors (Lipinski definition) is 0. The fourth-order valence-corrected chi connectivity index (χ4v) is 3.81. The molecule has 9 heteroatoms. The molecule has 180 valence electrons. The summed E-state index contributed by atoms with van der Waals surface area (Å²) >= 11 is 18.2. The van der Waals surface area contributed by atoms with Crippen LogP contribution in [0.2, 0.25) is 15.1 Å². The van der Waals surface area contributed by atoms with Crippen LogP contribution < -0.4 is 14.2 Å². The van der Waals surface area contributed by atoms with Crippen LogP contribution >= 0.6 is 34.8 Å². The lowest BCUT2D eigenvalue weighted by Crippen LogP contribution is -2.07. The van der Waals surface area contributed by atoms with Gasteiger partial charge in [-0.3, -0.25) is 0 Å². The molecular weight excluding hydrogens is 513 g/mol. The van der Waals surface area contributed by atoms with Gasteiger partial charge >= 0.3 is 5.97 Å². The van der Waals surface area contributed by atoms with Gasteiger partial charge in [-0.1, -0.05) is 46.9 Å². The number of hydrogen-bond acceptors (Lipinski definition) is 6. The molecule has 0 atom stereocenters. The molecule has 0 radical (unpaired) electrons. The zero-order chi connectivity index (χ0) is 24.9. The van der Waals surface area contributed by atoms with Gasteiger partial charge in [0.05, 0.1) is 29.3 Å². The number of benzene rings is 3. The second-order valence-corrected chi connectivity index (χ2v) is 8.61. The summed E-state index contributed by atoms with van der Waals surface area (Å²) in [6.45, 7) is 2.58. The first-order chi connectivity index (χ1) is 16.9. The van der Waals surface area contributed by atoms with Gasteiger partial charge in [0.1, 0.15) is 12.4 Å². The highest BCUT2D eigenvalue weighted by molar-refractivity contribution is 6.42. The summed E-state index contributed by atoms with van der Waals surface area (Å²) in [5.41, 5.74) is 2.16. The smallest absolute Gasteiger partial charge is 0.363 e. The van der Waals surface area contributed by atoms with Crippen LogP contribution in [0.4, 0.5) is 0 Å². The van der Waals surface area contributed by atoms with Gasteiger partial charge in [-0.05, 0) is 66.6 Å². The van der Waals surface area contributed by atoms with Gasteiger partial charge in [0, 0.05) is 5.02 Å². The SMILES string of the molecule is CCOc1cc(/C=C2\N=C(c3cc(Cl)ccc3OC)OC2=O)ccc1OCc1ccc(Cl)c(Cl)c1. The third kappa shape index (κ3) is 5.90. The molecule has 0 unspecified atom stereocenters. The lowest BCUT2D eigenvalue weighted by molar-refractivity contribution is -0.129. The Morgan fingerprint density at radius 1 is 0.914 bits per heavy atom. The fourth-order valence-electron chi connectivity index (χ4n) is 3.32. The highest BCUT2D eigenvalue weighted by Gasteiger charge is 2.26. The number of cyclic esters (lactones) is 1. The molecule has 6 nitrogen and oxygen atoms in total. The number of aliphatic imine (C=N–C) groups is 1. The van der Waals surface area contributed by atoms with E-state index in [9.17, 15) is 4.79 Å². The number of halogens is 3. The average molecular weight is 533 g/mol. The quantitative estimate of drug-likeness (QED) is 0.231. The maximum atomic E-state index is 12.5. The maximum Gasteiger partial charge on any atom is 0.363 e. The Kier molecular flexibility index (Phi) is 7.86. The summed E-state index contributed by atoms with van der Waals surface area (Å²) in [5.74, 6) is 1.09. The summed E-state index contributed by atoms with van der Waals surface area (Å²) < 4.78 is 22.4. The van der Waals surface area contributed by atoms with E-state index in [1.165, 1.54) is 7.11 Å². The van der Waals surface area contributed by atoms with E-state index in [1.807, 2.05) is 13.0 Å². The molecule has 4 rings (SSSR count). The lowest BCUT2D eigenvalue weighted by Gasteiger charge is -2.13. The zero-order valence-electron chi connectivity index (χ0n) is 18.8. The fraction of sp³-hybridized carbons (Fsp3) is 0.154. The van der Waals surface area contributed by atoms with E-state index in [0.29, 0.717) is 50.1 Å². The van der Waals surface area contributed by atoms with E-state index < -0.39 is 5.97 Å². The number of ether oxygens (including phenoxy) is 4. The van der Waals surface area contributed by atoms with Crippen molar-refractivity contribution in [3.8, 4) is 17.2 Å². The van der Waals surface area contributed by atoms with Gasteiger partial charge in [0.2, 0.25) is 5.90 Å². The lowest BCUT2D eigenvalue weighted by atomic mass is 10.1. The molecule has 1 aliphatic rings. The number of esters is 1. The second-order valence-electron chi connectivity index (χ2n) is 7.36. The minimum Gasteiger partial charge on any atom is -0.496 e. The van der Waals surface area contributed by atoms with Gasteiger partial charge < -0.3 is 18.9 Å². The van der Waals surface area contributed by atoms with E-state index in [0.717, 1.165) is 5.56 Å². The highest BCUT2D eigenvalue weighted by atomic mass is 35.5. The van der Waals surface area contributed by atoms with Gasteiger partial charge in [-0.2, -0.15) is 0 Å². The van der Waals surface area contributed by atoms with Crippen LogP contribution in [-0.4, -0.2) is 25.6 Å². The van der Waals surface area contributed by atoms with Crippen molar-refractivity contribution in [2.75, 3.05) is 13.7 Å². The first kappa shape index (κ1) is 24.9. The van der Waals surface area contributed by atoms with Gasteiger partial charge in [-0.15, -0.1) is 0 Å². The molecule has 3 aromatic carbocycles. The van der Waals surface area contributed by atoms with Crippen LogP contribution in [-0.2, 0) is 16.1 Å². The second kappa shape index (κ2) is 11.0. The molecule has 0 aromatic heterocycles. The maximum absolute atomic E-state index is 12.5. The van der Waals surface area contributed by atoms with Crippen molar-refractivity contribution in [2.24, 2.45) is 4.99 Å². The molecule has 0 saturated carbocycles. The van der Waals surface area contributed by atoms with E-state index >= 15 is 0 Å². The molecular formula is C26H20Cl3NO5. The molecule has 0 fully saturated rings. The molecule has 0 aliphatic carbocycles. The Morgan fingerprint density at radius 3 is 2.46 bits per heavy atom. The van der Waals surface area contributed by atoms with Crippen LogP contribution in [0, 0.1) is 0 Å². The third-order valence-electron chi connectivity index (χ3n) is 4.96. The van der Waals surface area contributed by atoms with E-state index in [2.05, 4.69) is 4.99 Å². The topological polar surface area (TPSA) is 66.3 Å². The predicted molar refractivity (Wildman–Crippen MR) is 137 cm³/mol. The summed E-state index contributed by atoms with van der Waals surface area (Å²) in [6, 6.07) is 15.6. The normalized spacial score (nSPS) is 14.0. The molecule has 0 N–H and O–H groups in total. The number of rotatable bonds is 8. The van der Waals surface area contributed by atoms with E-state index in [4.69, 9.17) is 53.8 Å². The zero-order valence-corrected chi connectivity index (χ0v) is 21.1. The first-order valence-electron chi connectivity index (χ1n) is 10.6. The molecule has 1 heterocycles. The molecule has 3 aromatic rings. The van der Waals surface area contributed by atoms with Crippen LogP contribution in [0.15, 0.2) is 65.3 Å². The molecule has 0 spiro atoms.